The first-order valence-corrected chi connectivity index (χ1v) is 7.29. The average molecular weight is 308 g/mol. The topological polar surface area (TPSA) is 74.7 Å². The zero-order chi connectivity index (χ0) is 15.1. The Balaban J connectivity index is 1.98. The molecule has 2 amide bonds. The molecule has 1 aliphatic heterocycles. The molecule has 2 atom stereocenters. The summed E-state index contributed by atoms with van der Waals surface area (Å²) in [5.41, 5.74) is 0.311. The van der Waals surface area contributed by atoms with E-state index in [-0.39, 0.29) is 39.9 Å². The molecular formula is C15H14ClNO4. The average Bonchev–Trinajstić information content (AvgIpc) is 2.72. The van der Waals surface area contributed by atoms with Crippen LogP contribution in [0.2, 0.25) is 5.02 Å². The van der Waals surface area contributed by atoms with Crippen molar-refractivity contribution in [3.05, 3.63) is 28.8 Å². The van der Waals surface area contributed by atoms with Gasteiger partial charge in [-0.1, -0.05) is 24.4 Å². The van der Waals surface area contributed by atoms with Crippen LogP contribution in [0.1, 0.15) is 36.0 Å². The van der Waals surface area contributed by atoms with E-state index >= 15 is 0 Å². The zero-order valence-corrected chi connectivity index (χ0v) is 12.0. The van der Waals surface area contributed by atoms with Crippen LogP contribution in [0.3, 0.4) is 0 Å². The summed E-state index contributed by atoms with van der Waals surface area (Å²) in [7, 11) is 0. The molecule has 1 aromatic rings. The highest BCUT2D eigenvalue weighted by Crippen LogP contribution is 2.41. The minimum atomic E-state index is -1.10. The van der Waals surface area contributed by atoms with Crippen LogP contribution in [0.25, 0.3) is 0 Å². The van der Waals surface area contributed by atoms with Gasteiger partial charge in [-0.15, -0.1) is 0 Å². The van der Waals surface area contributed by atoms with Gasteiger partial charge in [0.05, 0.1) is 28.1 Å². The fraction of sp³-hybridized carbons (Fsp3) is 0.400. The predicted octanol–water partition coefficient (Wildman–Crippen LogP) is 2.72. The number of hydrogen-bond donors (Lipinski definition) is 1. The Morgan fingerprint density at radius 1 is 1.14 bits per heavy atom. The summed E-state index contributed by atoms with van der Waals surface area (Å²) in [5.74, 6) is -2.02. The van der Waals surface area contributed by atoms with Crippen molar-refractivity contribution in [3.63, 3.8) is 0 Å². The number of imide groups is 1. The third kappa shape index (κ3) is 2.21. The van der Waals surface area contributed by atoms with Gasteiger partial charge in [-0.25, -0.2) is 9.69 Å². The van der Waals surface area contributed by atoms with E-state index in [1.165, 1.54) is 18.2 Å². The molecule has 5 nitrogen and oxygen atoms in total. The third-order valence-corrected chi connectivity index (χ3v) is 4.58. The molecule has 2 unspecified atom stereocenters. The van der Waals surface area contributed by atoms with Crippen molar-refractivity contribution in [1.82, 2.24) is 0 Å². The van der Waals surface area contributed by atoms with Crippen molar-refractivity contribution in [3.8, 4) is 0 Å². The smallest absolute Gasteiger partial charge is 0.335 e. The van der Waals surface area contributed by atoms with Gasteiger partial charge in [0.15, 0.2) is 0 Å². The Bertz CT molecular complexity index is 619. The first-order chi connectivity index (χ1) is 10.0. The number of carboxylic acids is 1. The van der Waals surface area contributed by atoms with E-state index in [1.807, 2.05) is 0 Å². The van der Waals surface area contributed by atoms with Crippen molar-refractivity contribution >= 4 is 35.1 Å². The van der Waals surface area contributed by atoms with E-state index in [2.05, 4.69) is 0 Å². The Morgan fingerprint density at radius 2 is 1.71 bits per heavy atom. The van der Waals surface area contributed by atoms with Gasteiger partial charge in [0.25, 0.3) is 0 Å². The molecule has 2 aliphatic rings. The van der Waals surface area contributed by atoms with Gasteiger partial charge >= 0.3 is 5.97 Å². The van der Waals surface area contributed by atoms with E-state index in [4.69, 9.17) is 16.7 Å². The van der Waals surface area contributed by atoms with Crippen LogP contribution in [-0.4, -0.2) is 22.9 Å². The number of aromatic carboxylic acids is 1. The lowest BCUT2D eigenvalue weighted by Gasteiger charge is -2.19. The molecule has 1 aromatic carbocycles. The number of benzene rings is 1. The number of rotatable bonds is 2. The molecule has 1 N–H and O–H groups in total. The molecule has 0 radical (unpaired) electrons. The molecule has 1 saturated heterocycles. The zero-order valence-electron chi connectivity index (χ0n) is 11.2. The van der Waals surface area contributed by atoms with Gasteiger partial charge in [-0.05, 0) is 31.0 Å². The van der Waals surface area contributed by atoms with Crippen LogP contribution < -0.4 is 4.90 Å². The second-order valence-corrected chi connectivity index (χ2v) is 5.89. The van der Waals surface area contributed by atoms with Crippen LogP contribution in [0.4, 0.5) is 5.69 Å². The Hall–Kier alpha value is -1.88. The molecule has 110 valence electrons. The highest BCUT2D eigenvalue weighted by Gasteiger charge is 2.49. The van der Waals surface area contributed by atoms with Gasteiger partial charge in [0, 0.05) is 0 Å². The first-order valence-electron chi connectivity index (χ1n) is 6.91. The molecule has 1 saturated carbocycles. The normalized spacial score (nSPS) is 25.1. The number of hydrogen-bond acceptors (Lipinski definition) is 3. The van der Waals surface area contributed by atoms with Crippen molar-refractivity contribution in [1.29, 1.82) is 0 Å². The summed E-state index contributed by atoms with van der Waals surface area (Å²) in [6.45, 7) is 0. The summed E-state index contributed by atoms with van der Waals surface area (Å²) in [4.78, 5) is 37.0. The second kappa shape index (κ2) is 5.15. The maximum Gasteiger partial charge on any atom is 0.335 e. The van der Waals surface area contributed by atoms with Gasteiger partial charge in [-0.3, -0.25) is 9.59 Å². The lowest BCUT2D eigenvalue weighted by molar-refractivity contribution is -0.122. The minimum absolute atomic E-state index is 0.0280. The van der Waals surface area contributed by atoms with Gasteiger partial charge in [0.1, 0.15) is 0 Å². The molecule has 0 spiro atoms. The number of anilines is 1. The van der Waals surface area contributed by atoms with Gasteiger partial charge < -0.3 is 5.11 Å². The molecule has 6 heteroatoms. The fourth-order valence-electron chi connectivity index (χ4n) is 3.22. The monoisotopic (exact) mass is 307 g/mol. The lowest BCUT2D eigenvalue weighted by Crippen LogP contribution is -2.31. The summed E-state index contributed by atoms with van der Waals surface area (Å²) >= 11 is 6.07. The molecule has 1 heterocycles. The highest BCUT2D eigenvalue weighted by molar-refractivity contribution is 6.36. The van der Waals surface area contributed by atoms with Crippen molar-refractivity contribution in [2.24, 2.45) is 11.8 Å². The maximum atomic E-state index is 12.5. The molecular weight excluding hydrogens is 294 g/mol. The van der Waals surface area contributed by atoms with E-state index in [1.54, 1.807) is 0 Å². The number of nitrogens with zero attached hydrogens (tertiary/aromatic N) is 1. The molecule has 0 bridgehead atoms. The molecule has 0 aromatic heterocycles. The fourth-order valence-corrected chi connectivity index (χ4v) is 3.49. The van der Waals surface area contributed by atoms with E-state index in [0.29, 0.717) is 0 Å². The minimum Gasteiger partial charge on any atom is -0.478 e. The number of amides is 2. The number of halogens is 1. The van der Waals surface area contributed by atoms with E-state index in [9.17, 15) is 14.4 Å². The lowest BCUT2D eigenvalue weighted by atomic mass is 9.81. The number of carbonyl (C=O) groups excluding carboxylic acids is 2. The maximum absolute atomic E-state index is 12.5. The van der Waals surface area contributed by atoms with Gasteiger partial charge in [0.2, 0.25) is 11.8 Å². The van der Waals surface area contributed by atoms with Gasteiger partial charge in [-0.2, -0.15) is 0 Å². The Labute approximate surface area is 126 Å². The molecule has 1 aliphatic carbocycles. The van der Waals surface area contributed by atoms with E-state index in [0.717, 1.165) is 30.6 Å². The summed E-state index contributed by atoms with van der Waals surface area (Å²) < 4.78 is 0. The number of fused-ring (bicyclic) bond motifs is 1. The van der Waals surface area contributed by atoms with Crippen molar-refractivity contribution in [2.75, 3.05) is 4.90 Å². The van der Waals surface area contributed by atoms with Crippen LogP contribution in [0.5, 0.6) is 0 Å². The number of carboxylic acid groups (broad SMARTS) is 1. The number of carbonyl (C=O) groups is 3. The predicted molar refractivity (Wildman–Crippen MR) is 76.4 cm³/mol. The molecule has 2 fully saturated rings. The summed E-state index contributed by atoms with van der Waals surface area (Å²) in [6.07, 6.45) is 3.38. The first kappa shape index (κ1) is 14.1. The van der Waals surface area contributed by atoms with Crippen LogP contribution in [0, 0.1) is 11.8 Å². The summed E-state index contributed by atoms with van der Waals surface area (Å²) in [6, 6.07) is 4.05. The second-order valence-electron chi connectivity index (χ2n) is 5.48. The van der Waals surface area contributed by atoms with Crippen LogP contribution >= 0.6 is 11.6 Å². The van der Waals surface area contributed by atoms with Crippen LogP contribution in [-0.2, 0) is 9.59 Å². The summed E-state index contributed by atoms with van der Waals surface area (Å²) in [5, 5.41) is 9.04. The largest absolute Gasteiger partial charge is 0.478 e. The molecule has 21 heavy (non-hydrogen) atoms. The Morgan fingerprint density at radius 3 is 2.19 bits per heavy atom. The highest BCUT2D eigenvalue weighted by atomic mass is 35.5. The third-order valence-electron chi connectivity index (χ3n) is 4.28. The van der Waals surface area contributed by atoms with Crippen LogP contribution in [0.15, 0.2) is 18.2 Å². The Kier molecular flexibility index (Phi) is 3.45. The quantitative estimate of drug-likeness (QED) is 0.852. The molecule has 3 rings (SSSR count). The SMILES string of the molecule is O=C(O)c1ccc(N2C(=O)C3CCCCC3C2=O)c(Cl)c1. The van der Waals surface area contributed by atoms with Crippen molar-refractivity contribution < 1.29 is 19.5 Å². The van der Waals surface area contributed by atoms with Crippen molar-refractivity contribution in [2.45, 2.75) is 25.7 Å². The van der Waals surface area contributed by atoms with E-state index < -0.39 is 5.97 Å². The standard InChI is InChI=1S/C15H14ClNO4/c16-11-7-8(15(20)21)5-6-12(11)17-13(18)9-3-1-2-4-10(9)14(17)19/h5-7,9-10H,1-4H2,(H,20,21).